The van der Waals surface area contributed by atoms with Crippen LogP contribution in [0.2, 0.25) is 0 Å². The van der Waals surface area contributed by atoms with Gasteiger partial charge in [0.15, 0.2) is 11.5 Å². The van der Waals surface area contributed by atoms with E-state index in [0.717, 1.165) is 23.4 Å². The number of aliphatic hydroxyl groups is 1. The van der Waals surface area contributed by atoms with Crippen LogP contribution in [-0.4, -0.2) is 34.0 Å². The number of thiazole rings is 1. The summed E-state index contributed by atoms with van der Waals surface area (Å²) in [6.07, 6.45) is 1.88. The highest BCUT2D eigenvalue weighted by Gasteiger charge is 2.33. The maximum atomic E-state index is 13.6. The summed E-state index contributed by atoms with van der Waals surface area (Å²) in [6.45, 7) is 0.539. The van der Waals surface area contributed by atoms with Crippen molar-refractivity contribution >= 4 is 17.2 Å². The van der Waals surface area contributed by atoms with Crippen LogP contribution in [0.25, 0.3) is 0 Å². The van der Waals surface area contributed by atoms with E-state index < -0.39 is 5.82 Å². The van der Waals surface area contributed by atoms with Crippen molar-refractivity contribution in [3.63, 3.8) is 0 Å². The monoisotopic (exact) mass is 442 g/mol. The summed E-state index contributed by atoms with van der Waals surface area (Å²) in [7, 11) is 1.57. The molecule has 1 heterocycles. The van der Waals surface area contributed by atoms with Crippen LogP contribution in [0.5, 0.6) is 11.5 Å². The number of benzene rings is 2. The Balaban J connectivity index is 1.51. The van der Waals surface area contributed by atoms with Crippen molar-refractivity contribution in [1.29, 1.82) is 0 Å². The summed E-state index contributed by atoms with van der Waals surface area (Å²) in [6, 6.07) is 11.5. The van der Waals surface area contributed by atoms with Crippen molar-refractivity contribution in [3.8, 4) is 11.5 Å². The van der Waals surface area contributed by atoms with Crippen LogP contribution in [0.4, 0.5) is 4.39 Å². The average Bonchev–Trinajstić information content (AvgIpc) is 3.52. The Morgan fingerprint density at radius 1 is 1.26 bits per heavy atom. The third kappa shape index (κ3) is 5.21. The number of rotatable bonds is 9. The average molecular weight is 443 g/mol. The summed E-state index contributed by atoms with van der Waals surface area (Å²) in [5.41, 5.74) is 1.85. The molecule has 0 saturated heterocycles. The second-order valence-electron chi connectivity index (χ2n) is 7.34. The van der Waals surface area contributed by atoms with Gasteiger partial charge in [-0.1, -0.05) is 12.1 Å². The molecule has 0 unspecified atom stereocenters. The molecule has 1 amide bonds. The predicted molar refractivity (Wildman–Crippen MR) is 115 cm³/mol. The summed E-state index contributed by atoms with van der Waals surface area (Å²) in [5, 5.41) is 11.7. The van der Waals surface area contributed by atoms with Gasteiger partial charge in [-0.05, 0) is 48.7 Å². The fourth-order valence-corrected chi connectivity index (χ4v) is 3.99. The minimum atomic E-state index is -0.423. The predicted octanol–water partition coefficient (Wildman–Crippen LogP) is 4.17. The number of ether oxygens (including phenoxy) is 2. The first-order valence-electron chi connectivity index (χ1n) is 9.97. The van der Waals surface area contributed by atoms with E-state index in [9.17, 15) is 9.18 Å². The van der Waals surface area contributed by atoms with Crippen molar-refractivity contribution in [3.05, 3.63) is 75.5 Å². The lowest BCUT2D eigenvalue weighted by Crippen LogP contribution is -2.32. The van der Waals surface area contributed by atoms with Gasteiger partial charge in [0.2, 0.25) is 0 Å². The molecule has 3 aromatic rings. The summed E-state index contributed by atoms with van der Waals surface area (Å²) >= 11 is 1.42. The standard InChI is InChI=1S/C23H23FN2O4S/c1-29-20-8-5-15(9-21(20)30-13-22-25-18(12-27)14-31-22)11-26(19-6-7-19)23(28)16-3-2-4-17(24)10-16/h2-5,8-10,14,19,27H,6-7,11-13H2,1H3. The van der Waals surface area contributed by atoms with Crippen LogP contribution in [-0.2, 0) is 19.8 Å². The van der Waals surface area contributed by atoms with Gasteiger partial charge < -0.3 is 19.5 Å². The van der Waals surface area contributed by atoms with E-state index in [1.807, 2.05) is 18.2 Å². The van der Waals surface area contributed by atoms with Crippen LogP contribution >= 0.6 is 11.3 Å². The SMILES string of the molecule is COc1ccc(CN(C(=O)c2cccc(F)c2)C2CC2)cc1OCc1nc(CO)cs1. The molecule has 0 radical (unpaired) electrons. The van der Waals surface area contributed by atoms with Crippen molar-refractivity contribution < 1.29 is 23.8 Å². The highest BCUT2D eigenvalue weighted by molar-refractivity contribution is 7.09. The molecule has 1 aromatic heterocycles. The van der Waals surface area contributed by atoms with E-state index in [4.69, 9.17) is 14.6 Å². The minimum absolute atomic E-state index is 0.106. The summed E-state index contributed by atoms with van der Waals surface area (Å²) in [5.74, 6) is 0.527. The number of nitrogens with zero attached hydrogens (tertiary/aromatic N) is 2. The number of hydrogen-bond donors (Lipinski definition) is 1. The first kappa shape index (κ1) is 21.3. The van der Waals surface area contributed by atoms with E-state index in [-0.39, 0.29) is 25.2 Å². The van der Waals surface area contributed by atoms with Crippen LogP contribution in [0.1, 0.15) is 39.5 Å². The van der Waals surface area contributed by atoms with Gasteiger partial charge in [0, 0.05) is 23.5 Å². The number of carbonyl (C=O) groups excluding carboxylic acids is 1. The topological polar surface area (TPSA) is 71.9 Å². The number of amides is 1. The van der Waals surface area contributed by atoms with Crippen molar-refractivity contribution in [2.24, 2.45) is 0 Å². The molecule has 1 aliphatic carbocycles. The lowest BCUT2D eigenvalue weighted by Gasteiger charge is -2.23. The molecule has 6 nitrogen and oxygen atoms in total. The van der Waals surface area contributed by atoms with Gasteiger partial charge in [-0.25, -0.2) is 9.37 Å². The van der Waals surface area contributed by atoms with Gasteiger partial charge in [-0.3, -0.25) is 4.79 Å². The molecule has 2 aromatic carbocycles. The second kappa shape index (κ2) is 9.45. The number of halogens is 1. The largest absolute Gasteiger partial charge is 0.493 e. The fraction of sp³-hybridized carbons (Fsp3) is 0.304. The van der Waals surface area contributed by atoms with Gasteiger partial charge in [-0.2, -0.15) is 0 Å². The van der Waals surface area contributed by atoms with E-state index in [1.165, 1.54) is 23.5 Å². The summed E-state index contributed by atoms with van der Waals surface area (Å²) < 4.78 is 24.9. The highest BCUT2D eigenvalue weighted by atomic mass is 32.1. The number of hydrogen-bond acceptors (Lipinski definition) is 6. The normalized spacial score (nSPS) is 13.1. The van der Waals surface area contributed by atoms with Crippen molar-refractivity contribution in [2.45, 2.75) is 38.6 Å². The zero-order valence-corrected chi connectivity index (χ0v) is 17.9. The lowest BCUT2D eigenvalue weighted by molar-refractivity contribution is 0.0729. The number of aromatic nitrogens is 1. The van der Waals surface area contributed by atoms with Crippen LogP contribution in [0, 0.1) is 5.82 Å². The maximum absolute atomic E-state index is 13.6. The number of carbonyl (C=O) groups is 1. The molecular formula is C23H23FN2O4S. The van der Waals surface area contributed by atoms with Gasteiger partial charge in [0.25, 0.3) is 5.91 Å². The molecule has 162 valence electrons. The molecule has 1 fully saturated rings. The molecule has 1 saturated carbocycles. The quantitative estimate of drug-likeness (QED) is 0.539. The number of methoxy groups -OCH3 is 1. The molecular weight excluding hydrogens is 419 g/mol. The zero-order chi connectivity index (χ0) is 21.8. The highest BCUT2D eigenvalue weighted by Crippen LogP contribution is 2.33. The Kier molecular flexibility index (Phi) is 6.48. The first-order chi connectivity index (χ1) is 15.1. The van der Waals surface area contributed by atoms with Crippen molar-refractivity contribution in [2.75, 3.05) is 7.11 Å². The Morgan fingerprint density at radius 2 is 2.10 bits per heavy atom. The third-order valence-electron chi connectivity index (χ3n) is 5.01. The Morgan fingerprint density at radius 3 is 2.77 bits per heavy atom. The van der Waals surface area contributed by atoms with E-state index in [2.05, 4.69) is 4.98 Å². The number of aliphatic hydroxyl groups excluding tert-OH is 1. The maximum Gasteiger partial charge on any atom is 0.254 e. The van der Waals surface area contributed by atoms with Crippen LogP contribution < -0.4 is 9.47 Å². The van der Waals surface area contributed by atoms with Crippen LogP contribution in [0.15, 0.2) is 47.8 Å². The molecule has 1 N–H and O–H groups in total. The van der Waals surface area contributed by atoms with E-state index in [1.54, 1.807) is 29.5 Å². The van der Waals surface area contributed by atoms with Gasteiger partial charge in [0.05, 0.1) is 19.4 Å². The van der Waals surface area contributed by atoms with Gasteiger partial charge >= 0.3 is 0 Å². The lowest BCUT2D eigenvalue weighted by atomic mass is 10.1. The molecule has 1 aliphatic rings. The molecule has 0 aliphatic heterocycles. The van der Waals surface area contributed by atoms with Crippen LogP contribution in [0.3, 0.4) is 0 Å². The zero-order valence-electron chi connectivity index (χ0n) is 17.1. The molecule has 0 atom stereocenters. The minimum Gasteiger partial charge on any atom is -0.493 e. The molecule has 0 bridgehead atoms. The fourth-order valence-electron chi connectivity index (χ4n) is 3.30. The first-order valence-corrected chi connectivity index (χ1v) is 10.9. The van der Waals surface area contributed by atoms with E-state index in [0.29, 0.717) is 29.3 Å². The third-order valence-corrected chi connectivity index (χ3v) is 5.88. The Labute approximate surface area is 183 Å². The van der Waals surface area contributed by atoms with E-state index >= 15 is 0 Å². The smallest absolute Gasteiger partial charge is 0.254 e. The molecule has 0 spiro atoms. The van der Waals surface area contributed by atoms with Gasteiger partial charge in [-0.15, -0.1) is 11.3 Å². The molecule has 4 rings (SSSR count). The summed E-state index contributed by atoms with van der Waals surface area (Å²) in [4.78, 5) is 19.1. The van der Waals surface area contributed by atoms with Crippen molar-refractivity contribution in [1.82, 2.24) is 9.88 Å². The Bertz CT molecular complexity index is 1070. The molecule has 31 heavy (non-hydrogen) atoms. The second-order valence-corrected chi connectivity index (χ2v) is 8.28. The van der Waals surface area contributed by atoms with Gasteiger partial charge in [0.1, 0.15) is 17.4 Å². The Hall–Kier alpha value is -2.97. The molecule has 8 heteroatoms.